The summed E-state index contributed by atoms with van der Waals surface area (Å²) in [7, 11) is 1.62. The number of rotatable bonds is 3. The summed E-state index contributed by atoms with van der Waals surface area (Å²) in [5, 5.41) is 0.834. The van der Waals surface area contributed by atoms with Gasteiger partial charge in [-0.15, -0.1) is 0 Å². The van der Waals surface area contributed by atoms with E-state index in [0.717, 1.165) is 28.7 Å². The van der Waals surface area contributed by atoms with Crippen LogP contribution in [0.15, 0.2) is 16.5 Å². The third-order valence-corrected chi connectivity index (χ3v) is 2.94. The number of ether oxygens (including phenoxy) is 1. The SMILES string of the molecule is CCc1ccc2oc(C(N)=O)c(C)c2c1OC. The van der Waals surface area contributed by atoms with Crippen LogP contribution in [0.4, 0.5) is 0 Å². The van der Waals surface area contributed by atoms with Gasteiger partial charge in [0.05, 0.1) is 12.5 Å². The number of fused-ring (bicyclic) bond motifs is 1. The van der Waals surface area contributed by atoms with Crippen LogP contribution in [0.25, 0.3) is 11.0 Å². The molecule has 0 aliphatic carbocycles. The van der Waals surface area contributed by atoms with Gasteiger partial charge in [-0.3, -0.25) is 4.79 Å². The van der Waals surface area contributed by atoms with Gasteiger partial charge in [-0.1, -0.05) is 13.0 Å². The smallest absolute Gasteiger partial charge is 0.284 e. The molecule has 2 rings (SSSR count). The average molecular weight is 233 g/mol. The largest absolute Gasteiger partial charge is 0.496 e. The molecule has 17 heavy (non-hydrogen) atoms. The average Bonchev–Trinajstić information content (AvgIpc) is 2.66. The minimum atomic E-state index is -0.557. The van der Waals surface area contributed by atoms with Crippen LogP contribution in [0.3, 0.4) is 0 Å². The fraction of sp³-hybridized carbons (Fsp3) is 0.308. The van der Waals surface area contributed by atoms with Crippen molar-refractivity contribution < 1.29 is 13.9 Å². The lowest BCUT2D eigenvalue weighted by Gasteiger charge is -2.07. The van der Waals surface area contributed by atoms with Gasteiger partial charge in [0.25, 0.3) is 5.91 Å². The zero-order valence-corrected chi connectivity index (χ0v) is 10.2. The Morgan fingerprint density at radius 2 is 2.18 bits per heavy atom. The van der Waals surface area contributed by atoms with Crippen molar-refractivity contribution in [3.8, 4) is 5.75 Å². The summed E-state index contributed by atoms with van der Waals surface area (Å²) in [4.78, 5) is 11.2. The van der Waals surface area contributed by atoms with E-state index in [4.69, 9.17) is 14.9 Å². The van der Waals surface area contributed by atoms with Gasteiger partial charge in [-0.25, -0.2) is 0 Å². The molecular weight excluding hydrogens is 218 g/mol. The van der Waals surface area contributed by atoms with E-state index < -0.39 is 5.91 Å². The summed E-state index contributed by atoms with van der Waals surface area (Å²) < 4.78 is 10.9. The topological polar surface area (TPSA) is 65.5 Å². The fourth-order valence-electron chi connectivity index (χ4n) is 2.09. The van der Waals surface area contributed by atoms with Gasteiger partial charge in [-0.2, -0.15) is 0 Å². The van der Waals surface area contributed by atoms with Crippen molar-refractivity contribution in [1.82, 2.24) is 0 Å². The molecule has 2 aromatic rings. The number of carbonyl (C=O) groups is 1. The molecule has 0 aliphatic rings. The molecule has 1 aromatic heterocycles. The highest BCUT2D eigenvalue weighted by Gasteiger charge is 2.19. The van der Waals surface area contributed by atoms with Crippen molar-refractivity contribution >= 4 is 16.9 Å². The second-order valence-electron chi connectivity index (χ2n) is 3.91. The highest BCUT2D eigenvalue weighted by Crippen LogP contribution is 2.35. The number of furan rings is 1. The summed E-state index contributed by atoms with van der Waals surface area (Å²) in [6.45, 7) is 3.86. The maximum Gasteiger partial charge on any atom is 0.284 e. The maximum atomic E-state index is 11.2. The lowest BCUT2D eigenvalue weighted by molar-refractivity contribution is 0.0975. The van der Waals surface area contributed by atoms with Crippen LogP contribution in [0, 0.1) is 6.92 Å². The Morgan fingerprint density at radius 3 is 2.71 bits per heavy atom. The van der Waals surface area contributed by atoms with Crippen molar-refractivity contribution in [2.45, 2.75) is 20.3 Å². The molecule has 0 saturated carbocycles. The van der Waals surface area contributed by atoms with Gasteiger partial charge in [-0.05, 0) is 25.0 Å². The van der Waals surface area contributed by atoms with E-state index in [2.05, 4.69) is 0 Å². The Morgan fingerprint density at radius 1 is 1.47 bits per heavy atom. The second-order valence-corrected chi connectivity index (χ2v) is 3.91. The molecule has 1 amide bonds. The van der Waals surface area contributed by atoms with Gasteiger partial charge in [0, 0.05) is 5.56 Å². The number of amides is 1. The van der Waals surface area contributed by atoms with Crippen LogP contribution in [0.5, 0.6) is 5.75 Å². The minimum Gasteiger partial charge on any atom is -0.496 e. The number of benzene rings is 1. The number of hydrogen-bond donors (Lipinski definition) is 1. The monoisotopic (exact) mass is 233 g/mol. The number of nitrogens with two attached hydrogens (primary N) is 1. The number of primary amides is 1. The quantitative estimate of drug-likeness (QED) is 0.885. The normalized spacial score (nSPS) is 10.8. The molecule has 0 radical (unpaired) electrons. The second kappa shape index (κ2) is 4.13. The molecule has 0 unspecified atom stereocenters. The predicted molar refractivity (Wildman–Crippen MR) is 65.4 cm³/mol. The summed E-state index contributed by atoms with van der Waals surface area (Å²) in [6.07, 6.45) is 0.857. The molecule has 0 saturated heterocycles. The molecular formula is C13H15NO3. The predicted octanol–water partition coefficient (Wildman–Crippen LogP) is 2.41. The zero-order chi connectivity index (χ0) is 12.6. The molecule has 90 valence electrons. The molecule has 0 atom stereocenters. The first kappa shape index (κ1) is 11.5. The van der Waals surface area contributed by atoms with Crippen molar-refractivity contribution in [1.29, 1.82) is 0 Å². The van der Waals surface area contributed by atoms with Crippen LogP contribution in [0.1, 0.15) is 28.6 Å². The Kier molecular flexibility index (Phi) is 2.79. The molecule has 2 N–H and O–H groups in total. The zero-order valence-electron chi connectivity index (χ0n) is 10.2. The van der Waals surface area contributed by atoms with Gasteiger partial charge in [0.2, 0.25) is 0 Å². The first-order valence-corrected chi connectivity index (χ1v) is 5.48. The Hall–Kier alpha value is -1.97. The molecule has 0 bridgehead atoms. The van der Waals surface area contributed by atoms with E-state index in [0.29, 0.717) is 5.58 Å². The van der Waals surface area contributed by atoms with Crippen LogP contribution >= 0.6 is 0 Å². The number of methoxy groups -OCH3 is 1. The van der Waals surface area contributed by atoms with E-state index in [9.17, 15) is 4.79 Å². The van der Waals surface area contributed by atoms with Crippen LogP contribution in [-0.4, -0.2) is 13.0 Å². The molecule has 1 heterocycles. The highest BCUT2D eigenvalue weighted by molar-refractivity contribution is 6.00. The van der Waals surface area contributed by atoms with Crippen molar-refractivity contribution in [3.05, 3.63) is 29.0 Å². The Bertz CT molecular complexity index is 584. The van der Waals surface area contributed by atoms with E-state index in [1.807, 2.05) is 26.0 Å². The lowest BCUT2D eigenvalue weighted by atomic mass is 10.0. The van der Waals surface area contributed by atoms with E-state index in [1.165, 1.54) is 0 Å². The number of carbonyl (C=O) groups excluding carboxylic acids is 1. The molecule has 4 heteroatoms. The van der Waals surface area contributed by atoms with E-state index >= 15 is 0 Å². The van der Waals surface area contributed by atoms with Gasteiger partial charge >= 0.3 is 0 Å². The third-order valence-electron chi connectivity index (χ3n) is 2.94. The number of hydrogen-bond acceptors (Lipinski definition) is 3. The van der Waals surface area contributed by atoms with Gasteiger partial charge in [0.15, 0.2) is 5.76 Å². The van der Waals surface area contributed by atoms with Gasteiger partial charge < -0.3 is 14.9 Å². The summed E-state index contributed by atoms with van der Waals surface area (Å²) in [5.74, 6) is 0.407. The van der Waals surface area contributed by atoms with Crippen LogP contribution in [0.2, 0.25) is 0 Å². The molecule has 1 aromatic carbocycles. The standard InChI is InChI=1S/C13H15NO3/c1-4-8-5-6-9-10(12(8)16-3)7(2)11(17-9)13(14)15/h5-6H,4H2,1-3H3,(H2,14,15). The molecule has 0 fully saturated rings. The minimum absolute atomic E-state index is 0.201. The van der Waals surface area contributed by atoms with E-state index in [-0.39, 0.29) is 5.76 Å². The van der Waals surface area contributed by atoms with Crippen LogP contribution < -0.4 is 10.5 Å². The van der Waals surface area contributed by atoms with Crippen molar-refractivity contribution in [3.63, 3.8) is 0 Å². The van der Waals surface area contributed by atoms with Gasteiger partial charge in [0.1, 0.15) is 11.3 Å². The molecule has 4 nitrogen and oxygen atoms in total. The lowest BCUT2D eigenvalue weighted by Crippen LogP contribution is -2.10. The van der Waals surface area contributed by atoms with Crippen LogP contribution in [-0.2, 0) is 6.42 Å². The van der Waals surface area contributed by atoms with Crippen molar-refractivity contribution in [2.75, 3.05) is 7.11 Å². The summed E-state index contributed by atoms with van der Waals surface area (Å²) in [5.41, 5.74) is 7.72. The van der Waals surface area contributed by atoms with E-state index in [1.54, 1.807) is 7.11 Å². The fourth-order valence-corrected chi connectivity index (χ4v) is 2.09. The Balaban J connectivity index is 2.84. The summed E-state index contributed by atoms with van der Waals surface area (Å²) in [6, 6.07) is 3.78. The highest BCUT2D eigenvalue weighted by atomic mass is 16.5. The molecule has 0 aliphatic heterocycles. The number of aryl methyl sites for hydroxylation is 2. The molecule has 0 spiro atoms. The maximum absolute atomic E-state index is 11.2. The van der Waals surface area contributed by atoms with Crippen molar-refractivity contribution in [2.24, 2.45) is 5.73 Å². The third kappa shape index (κ3) is 1.65. The first-order valence-electron chi connectivity index (χ1n) is 5.48. The Labute approximate surface area is 99.3 Å². The summed E-state index contributed by atoms with van der Waals surface area (Å²) >= 11 is 0. The first-order chi connectivity index (χ1) is 8.10.